The Bertz CT molecular complexity index is 1070. The van der Waals surface area contributed by atoms with Crippen LogP contribution in [0.1, 0.15) is 34.8 Å². The van der Waals surface area contributed by atoms with Crippen molar-refractivity contribution in [1.82, 2.24) is 14.5 Å². The minimum absolute atomic E-state index is 0.159. The maximum Gasteiger partial charge on any atom is 0.199 e. The number of alkyl halides is 1. The number of nitrogens with zero attached hydrogens (tertiary/aromatic N) is 3. The topological polar surface area (TPSA) is 80.0 Å². The fourth-order valence-electron chi connectivity index (χ4n) is 3.97. The molecular weight excluding hydrogens is 463 g/mol. The molecule has 0 spiro atoms. The van der Waals surface area contributed by atoms with E-state index in [0.717, 1.165) is 17.4 Å². The maximum atomic E-state index is 14.4. The quantitative estimate of drug-likeness (QED) is 0.492. The summed E-state index contributed by atoms with van der Waals surface area (Å²) < 4.78 is 17.4. The van der Waals surface area contributed by atoms with Crippen LogP contribution in [-0.4, -0.2) is 43.7 Å². The van der Waals surface area contributed by atoms with Crippen LogP contribution in [0.2, 0.25) is 0 Å². The Morgan fingerprint density at radius 3 is 2.97 bits per heavy atom. The predicted octanol–water partition coefficient (Wildman–Crippen LogP) is 4.03. The van der Waals surface area contributed by atoms with E-state index in [-0.39, 0.29) is 23.1 Å². The van der Waals surface area contributed by atoms with E-state index in [1.54, 1.807) is 12.3 Å². The first-order chi connectivity index (χ1) is 14.9. The lowest BCUT2D eigenvalue weighted by molar-refractivity contribution is 0.0725. The van der Waals surface area contributed by atoms with E-state index >= 15 is 0 Å². The van der Waals surface area contributed by atoms with Gasteiger partial charge in [0.2, 0.25) is 0 Å². The number of rotatable bonds is 7. The summed E-state index contributed by atoms with van der Waals surface area (Å²) in [6.07, 6.45) is 5.31. The molecule has 2 N–H and O–H groups in total. The van der Waals surface area contributed by atoms with E-state index < -0.39 is 18.3 Å². The third-order valence-electron chi connectivity index (χ3n) is 5.76. The van der Waals surface area contributed by atoms with Gasteiger partial charge in [0, 0.05) is 35.2 Å². The van der Waals surface area contributed by atoms with Crippen molar-refractivity contribution in [2.75, 3.05) is 5.32 Å². The summed E-state index contributed by atoms with van der Waals surface area (Å²) in [5, 5.41) is 12.9. The van der Waals surface area contributed by atoms with Crippen LogP contribution in [0.25, 0.3) is 0 Å². The van der Waals surface area contributed by atoms with Gasteiger partial charge in [-0.25, -0.2) is 14.4 Å². The zero-order chi connectivity index (χ0) is 22.0. The molecule has 0 bridgehead atoms. The molecule has 31 heavy (non-hydrogen) atoms. The van der Waals surface area contributed by atoms with Crippen molar-refractivity contribution in [2.45, 2.75) is 44.6 Å². The number of carbonyl (C=O) groups is 1. The molecule has 2 aromatic heterocycles. The monoisotopic (exact) mass is 486 g/mol. The summed E-state index contributed by atoms with van der Waals surface area (Å²) >= 11 is 3.48. The molecule has 0 aliphatic heterocycles. The molecule has 0 amide bonds. The summed E-state index contributed by atoms with van der Waals surface area (Å²) in [5.41, 5.74) is 2.00. The summed E-state index contributed by atoms with van der Waals surface area (Å²) in [6, 6.07) is 9.30. The van der Waals surface area contributed by atoms with Crippen molar-refractivity contribution in [3.8, 4) is 0 Å². The molecule has 3 aromatic rings. The van der Waals surface area contributed by atoms with E-state index in [9.17, 15) is 14.3 Å². The second kappa shape index (κ2) is 9.28. The molecule has 1 aliphatic rings. The van der Waals surface area contributed by atoms with E-state index in [1.807, 2.05) is 29.8 Å². The molecule has 1 aliphatic carbocycles. The third kappa shape index (κ3) is 4.85. The zero-order valence-electron chi connectivity index (χ0n) is 17.1. The van der Waals surface area contributed by atoms with Gasteiger partial charge < -0.3 is 15.0 Å². The van der Waals surface area contributed by atoms with Gasteiger partial charge >= 0.3 is 0 Å². The van der Waals surface area contributed by atoms with Gasteiger partial charge in [-0.1, -0.05) is 35.0 Å². The highest BCUT2D eigenvalue weighted by atomic mass is 79.9. The first-order valence-corrected chi connectivity index (χ1v) is 11.1. The smallest absolute Gasteiger partial charge is 0.199 e. The summed E-state index contributed by atoms with van der Waals surface area (Å²) in [7, 11) is 0. The molecule has 4 rings (SSSR count). The molecule has 162 valence electrons. The van der Waals surface area contributed by atoms with Crippen LogP contribution in [0.15, 0.2) is 59.7 Å². The van der Waals surface area contributed by atoms with Crippen molar-refractivity contribution in [1.29, 1.82) is 0 Å². The van der Waals surface area contributed by atoms with Gasteiger partial charge in [0.15, 0.2) is 5.78 Å². The van der Waals surface area contributed by atoms with Crippen LogP contribution in [0.3, 0.4) is 0 Å². The molecule has 0 radical (unpaired) electrons. The minimum Gasteiger partial charge on any atom is -0.390 e. The lowest BCUT2D eigenvalue weighted by Gasteiger charge is -2.18. The van der Waals surface area contributed by atoms with Crippen LogP contribution >= 0.6 is 15.9 Å². The van der Waals surface area contributed by atoms with Gasteiger partial charge in [-0.05, 0) is 42.5 Å². The van der Waals surface area contributed by atoms with Crippen LogP contribution < -0.4 is 5.32 Å². The van der Waals surface area contributed by atoms with Gasteiger partial charge in [-0.3, -0.25) is 4.79 Å². The Labute approximate surface area is 188 Å². The highest BCUT2D eigenvalue weighted by Crippen LogP contribution is 2.31. The number of carbonyl (C=O) groups excluding carboxylic acids is 1. The fraction of sp³-hybridized carbons (Fsp3) is 0.348. The number of aliphatic hydroxyl groups is 1. The van der Waals surface area contributed by atoms with Crippen molar-refractivity contribution in [2.24, 2.45) is 5.92 Å². The minimum atomic E-state index is -1.41. The Kier molecular flexibility index (Phi) is 6.48. The van der Waals surface area contributed by atoms with Gasteiger partial charge in [0.25, 0.3) is 0 Å². The number of aryl methyl sites for hydroxylation is 2. The molecule has 6 nitrogen and oxygen atoms in total. The van der Waals surface area contributed by atoms with Crippen molar-refractivity contribution < 1.29 is 14.3 Å². The highest BCUT2D eigenvalue weighted by Gasteiger charge is 2.41. The number of ketones is 1. The van der Waals surface area contributed by atoms with E-state index in [1.165, 1.54) is 18.1 Å². The standard InChI is InChI=1S/C23H24BrFN4O2/c1-14-9-19(20(25)21(14)30)28-23-18(11-26-13-27-23)22(31)16-6-8-29(12-16)7-5-15-3-2-4-17(24)10-15/h2-4,6,8,10-14,19-21,30H,5,7,9H2,1H3,(H,26,27,28)/t14-,19-,20-,21-/m1/s1. The lowest BCUT2D eigenvalue weighted by Crippen LogP contribution is -2.32. The molecule has 1 fully saturated rings. The molecule has 0 saturated heterocycles. The molecular formula is C23H24BrFN4O2. The van der Waals surface area contributed by atoms with Crippen molar-refractivity contribution in [3.05, 3.63) is 76.4 Å². The maximum absolute atomic E-state index is 14.4. The fourth-order valence-corrected chi connectivity index (χ4v) is 4.41. The second-order valence-corrected chi connectivity index (χ2v) is 8.95. The van der Waals surface area contributed by atoms with Crippen LogP contribution in [-0.2, 0) is 13.0 Å². The SMILES string of the molecule is C[C@@H]1C[C@@H](Nc2ncncc2C(=O)c2ccn(CCc3cccc(Br)c3)c2)[C@@H](F)[C@@H]1O. The third-order valence-corrected chi connectivity index (χ3v) is 6.25. The van der Waals surface area contributed by atoms with Crippen LogP contribution in [0.5, 0.6) is 0 Å². The van der Waals surface area contributed by atoms with E-state index in [0.29, 0.717) is 12.0 Å². The summed E-state index contributed by atoms with van der Waals surface area (Å²) in [4.78, 5) is 21.2. The molecule has 4 atom stereocenters. The normalized spacial score (nSPS) is 23.1. The molecule has 8 heteroatoms. The molecule has 1 aromatic carbocycles. The number of hydrogen-bond acceptors (Lipinski definition) is 5. The number of hydrogen-bond donors (Lipinski definition) is 2. The van der Waals surface area contributed by atoms with Crippen molar-refractivity contribution in [3.63, 3.8) is 0 Å². The van der Waals surface area contributed by atoms with Crippen LogP contribution in [0.4, 0.5) is 10.2 Å². The summed E-state index contributed by atoms with van der Waals surface area (Å²) in [6.45, 7) is 2.54. The van der Waals surface area contributed by atoms with Gasteiger partial charge in [0.05, 0.1) is 17.7 Å². The number of nitrogens with one attached hydrogen (secondary N) is 1. The average Bonchev–Trinajstić information content (AvgIpc) is 3.33. The Hall–Kier alpha value is -2.58. The van der Waals surface area contributed by atoms with Crippen molar-refractivity contribution >= 4 is 27.5 Å². The lowest BCUT2D eigenvalue weighted by atomic mass is 10.1. The number of aromatic nitrogens is 3. The first-order valence-electron chi connectivity index (χ1n) is 10.3. The Morgan fingerprint density at radius 1 is 1.39 bits per heavy atom. The Morgan fingerprint density at radius 2 is 2.23 bits per heavy atom. The van der Waals surface area contributed by atoms with E-state index in [2.05, 4.69) is 43.3 Å². The number of halogens is 2. The van der Waals surface area contributed by atoms with Gasteiger partial charge in [0.1, 0.15) is 18.3 Å². The second-order valence-electron chi connectivity index (χ2n) is 8.03. The zero-order valence-corrected chi connectivity index (χ0v) is 18.7. The largest absolute Gasteiger partial charge is 0.390 e. The Balaban J connectivity index is 1.46. The highest BCUT2D eigenvalue weighted by molar-refractivity contribution is 9.10. The number of aliphatic hydroxyl groups excluding tert-OH is 1. The average molecular weight is 487 g/mol. The van der Waals surface area contributed by atoms with Gasteiger partial charge in [-0.2, -0.15) is 0 Å². The molecule has 1 saturated carbocycles. The number of anilines is 1. The van der Waals surface area contributed by atoms with Gasteiger partial charge in [-0.15, -0.1) is 0 Å². The first kappa shape index (κ1) is 21.6. The van der Waals surface area contributed by atoms with Crippen LogP contribution in [0, 0.1) is 5.92 Å². The molecule has 2 heterocycles. The number of benzene rings is 1. The molecule has 0 unspecified atom stereocenters. The van der Waals surface area contributed by atoms with E-state index in [4.69, 9.17) is 0 Å². The predicted molar refractivity (Wildman–Crippen MR) is 120 cm³/mol. The summed E-state index contributed by atoms with van der Waals surface area (Å²) in [5.74, 6) is -0.102.